The van der Waals surface area contributed by atoms with Gasteiger partial charge in [-0.3, -0.25) is 4.79 Å². The number of phenolic OH excluding ortho intramolecular Hbond substituents is 1. The Morgan fingerprint density at radius 2 is 2.06 bits per heavy atom. The third kappa shape index (κ3) is 5.15. The smallest absolute Gasteiger partial charge is 0.360 e. The number of benzene rings is 1. The van der Waals surface area contributed by atoms with E-state index in [1.807, 2.05) is 11.4 Å². The highest BCUT2D eigenvalue weighted by Crippen LogP contribution is 2.33. The average molecular weight is 479 g/mol. The molecule has 0 radical (unpaired) electrons. The van der Waals surface area contributed by atoms with Crippen LogP contribution in [-0.2, 0) is 9.53 Å². The van der Waals surface area contributed by atoms with Crippen LogP contribution in [0.1, 0.15) is 46.7 Å². The fourth-order valence-corrected chi connectivity index (χ4v) is 4.64. The molecule has 0 unspecified atom stereocenters. The van der Waals surface area contributed by atoms with Crippen molar-refractivity contribution < 1.29 is 24.0 Å². The van der Waals surface area contributed by atoms with E-state index in [2.05, 4.69) is 10.1 Å². The highest BCUT2D eigenvalue weighted by atomic mass is 32.1. The number of phenols is 1. The van der Waals surface area contributed by atoms with Crippen LogP contribution in [-0.4, -0.2) is 51.7 Å². The zero-order valence-corrected chi connectivity index (χ0v) is 19.2. The van der Waals surface area contributed by atoms with Crippen LogP contribution in [0.3, 0.4) is 0 Å². The van der Waals surface area contributed by atoms with E-state index in [0.717, 1.165) is 17.8 Å². The van der Waals surface area contributed by atoms with Gasteiger partial charge >= 0.3 is 5.97 Å². The molecule has 0 saturated carbocycles. The van der Waals surface area contributed by atoms with E-state index in [4.69, 9.17) is 9.26 Å². The molecule has 0 aliphatic carbocycles. The summed E-state index contributed by atoms with van der Waals surface area (Å²) < 4.78 is 10.2. The number of rotatable bonds is 6. The molecule has 0 atom stereocenters. The molecule has 2 aromatic heterocycles. The lowest BCUT2D eigenvalue weighted by Gasteiger charge is -2.31. The van der Waals surface area contributed by atoms with Crippen molar-refractivity contribution in [1.29, 1.82) is 5.26 Å². The number of esters is 1. The second-order valence-electron chi connectivity index (χ2n) is 7.70. The number of nitrogens with zero attached hydrogens (tertiary/aromatic N) is 4. The molecule has 1 aliphatic rings. The second kappa shape index (κ2) is 10.3. The minimum absolute atomic E-state index is 0.0587. The maximum atomic E-state index is 12.9. The largest absolute Gasteiger partial charge is 0.508 e. The number of piperidine rings is 1. The Labute approximate surface area is 199 Å². The van der Waals surface area contributed by atoms with Gasteiger partial charge in [0.2, 0.25) is 0 Å². The summed E-state index contributed by atoms with van der Waals surface area (Å²) in [5.74, 6) is -0.140. The van der Waals surface area contributed by atoms with Gasteiger partial charge in [-0.05, 0) is 43.5 Å². The van der Waals surface area contributed by atoms with E-state index < -0.39 is 5.97 Å². The number of hydrogen-bond donors (Lipinski definition) is 1. The number of nitriles is 1. The highest BCUT2D eigenvalue weighted by Gasteiger charge is 2.28. The highest BCUT2D eigenvalue weighted by molar-refractivity contribution is 7.10. The first kappa shape index (κ1) is 23.2. The van der Waals surface area contributed by atoms with Crippen molar-refractivity contribution in [1.82, 2.24) is 15.0 Å². The summed E-state index contributed by atoms with van der Waals surface area (Å²) in [5.41, 5.74) is 1.44. The lowest BCUT2D eigenvalue weighted by molar-refractivity contribution is -0.127. The Morgan fingerprint density at radius 1 is 1.32 bits per heavy atom. The minimum atomic E-state index is -0.541. The van der Waals surface area contributed by atoms with Gasteiger partial charge in [0.05, 0.1) is 11.6 Å². The van der Waals surface area contributed by atoms with E-state index in [0.29, 0.717) is 30.1 Å². The van der Waals surface area contributed by atoms with E-state index in [-0.39, 0.29) is 35.4 Å². The molecule has 0 spiro atoms. The standard InChI is InChI=1S/C24H22N4O5S/c1-2-32-24(31)19-12-21(33-27-19)20-14-34-22(26-20)16-7-9-28(10-8-16)23(30)17(13-25)11-15-3-5-18(29)6-4-15/h3-6,11-12,14,16,29H,2,7-10H2,1H3/b17-11+. The number of thiazole rings is 1. The lowest BCUT2D eigenvalue weighted by Crippen LogP contribution is -2.38. The lowest BCUT2D eigenvalue weighted by atomic mass is 9.97. The van der Waals surface area contributed by atoms with Gasteiger partial charge in [-0.2, -0.15) is 5.26 Å². The average Bonchev–Trinajstić information content (AvgIpc) is 3.54. The number of aromatic nitrogens is 2. The van der Waals surface area contributed by atoms with Gasteiger partial charge in [0.15, 0.2) is 11.5 Å². The minimum Gasteiger partial charge on any atom is -0.508 e. The number of aromatic hydroxyl groups is 1. The molecule has 1 saturated heterocycles. The zero-order valence-electron chi connectivity index (χ0n) is 18.4. The van der Waals surface area contributed by atoms with Crippen molar-refractivity contribution in [3.8, 4) is 23.3 Å². The summed E-state index contributed by atoms with van der Waals surface area (Å²) in [6, 6.07) is 9.83. The molecule has 10 heteroatoms. The molecule has 174 valence electrons. The predicted octanol–water partition coefficient (Wildman–Crippen LogP) is 3.99. The summed E-state index contributed by atoms with van der Waals surface area (Å²) in [4.78, 5) is 31.0. The number of likely N-dealkylation sites (tertiary alicyclic amines) is 1. The summed E-state index contributed by atoms with van der Waals surface area (Å²) >= 11 is 1.50. The first-order valence-electron chi connectivity index (χ1n) is 10.8. The van der Waals surface area contributed by atoms with Gasteiger partial charge < -0.3 is 19.3 Å². The first-order valence-corrected chi connectivity index (χ1v) is 11.7. The van der Waals surface area contributed by atoms with Crippen LogP contribution >= 0.6 is 11.3 Å². The molecule has 3 aromatic rings. The second-order valence-corrected chi connectivity index (χ2v) is 8.59. The number of carbonyl (C=O) groups excluding carboxylic acids is 2. The molecular weight excluding hydrogens is 456 g/mol. The molecule has 1 fully saturated rings. The van der Waals surface area contributed by atoms with Crippen LogP contribution in [0.15, 0.2) is 45.8 Å². The van der Waals surface area contributed by atoms with Crippen molar-refractivity contribution in [2.75, 3.05) is 19.7 Å². The Bertz CT molecular complexity index is 1250. The number of hydrogen-bond acceptors (Lipinski definition) is 9. The van der Waals surface area contributed by atoms with Crippen LogP contribution in [0.5, 0.6) is 5.75 Å². The van der Waals surface area contributed by atoms with Crippen LogP contribution in [0.4, 0.5) is 0 Å². The molecule has 0 bridgehead atoms. The molecule has 1 N–H and O–H groups in total. The van der Waals surface area contributed by atoms with Crippen molar-refractivity contribution in [3.63, 3.8) is 0 Å². The Balaban J connectivity index is 1.38. The van der Waals surface area contributed by atoms with Gasteiger partial charge in [-0.25, -0.2) is 9.78 Å². The maximum Gasteiger partial charge on any atom is 0.360 e. The van der Waals surface area contributed by atoms with Crippen LogP contribution in [0.2, 0.25) is 0 Å². The summed E-state index contributed by atoms with van der Waals surface area (Å²) in [5, 5.41) is 25.4. The van der Waals surface area contributed by atoms with Gasteiger partial charge in [-0.1, -0.05) is 17.3 Å². The Morgan fingerprint density at radius 3 is 2.74 bits per heavy atom. The van der Waals surface area contributed by atoms with Gasteiger partial charge in [0.1, 0.15) is 23.1 Å². The van der Waals surface area contributed by atoms with Crippen molar-refractivity contribution in [2.45, 2.75) is 25.7 Å². The molecule has 1 amide bonds. The normalized spacial score (nSPS) is 14.6. The van der Waals surface area contributed by atoms with Crippen molar-refractivity contribution in [2.24, 2.45) is 0 Å². The molecule has 9 nitrogen and oxygen atoms in total. The fraction of sp³-hybridized carbons (Fsp3) is 0.292. The van der Waals surface area contributed by atoms with Crippen LogP contribution in [0.25, 0.3) is 17.5 Å². The molecule has 1 aromatic carbocycles. The summed E-state index contributed by atoms with van der Waals surface area (Å²) in [6.07, 6.45) is 2.98. The van der Waals surface area contributed by atoms with Crippen LogP contribution < -0.4 is 0 Å². The molecule has 3 heterocycles. The monoisotopic (exact) mass is 478 g/mol. The van der Waals surface area contributed by atoms with Gasteiger partial charge in [-0.15, -0.1) is 11.3 Å². The SMILES string of the molecule is CCOC(=O)c1cc(-c2csc(C3CCN(C(=O)/C(C#N)=C/c4ccc(O)cc4)CC3)n2)on1. The van der Waals surface area contributed by atoms with E-state index in [1.54, 1.807) is 24.0 Å². The van der Waals surface area contributed by atoms with E-state index >= 15 is 0 Å². The molecular formula is C24H22N4O5S. The van der Waals surface area contributed by atoms with Gasteiger partial charge in [0, 0.05) is 30.5 Å². The third-order valence-electron chi connectivity index (χ3n) is 5.46. The van der Waals surface area contributed by atoms with Gasteiger partial charge in [0.25, 0.3) is 5.91 Å². The predicted molar refractivity (Wildman–Crippen MR) is 124 cm³/mol. The van der Waals surface area contributed by atoms with E-state index in [9.17, 15) is 20.0 Å². The molecule has 4 rings (SSSR count). The van der Waals surface area contributed by atoms with Crippen LogP contribution in [0, 0.1) is 11.3 Å². The summed E-state index contributed by atoms with van der Waals surface area (Å²) in [6.45, 7) is 3.01. The summed E-state index contributed by atoms with van der Waals surface area (Å²) in [7, 11) is 0. The maximum absolute atomic E-state index is 12.9. The quantitative estimate of drug-likeness (QED) is 0.320. The topological polar surface area (TPSA) is 130 Å². The third-order valence-corrected chi connectivity index (χ3v) is 6.46. The molecule has 34 heavy (non-hydrogen) atoms. The number of amides is 1. The Kier molecular flexibility index (Phi) is 7.04. The van der Waals surface area contributed by atoms with E-state index in [1.165, 1.54) is 35.6 Å². The first-order chi connectivity index (χ1) is 16.5. The number of ether oxygens (including phenoxy) is 1. The fourth-order valence-electron chi connectivity index (χ4n) is 3.66. The molecule has 1 aliphatic heterocycles. The Hall–Kier alpha value is -3.97. The zero-order chi connectivity index (χ0) is 24.1. The van der Waals surface area contributed by atoms with Crippen molar-refractivity contribution in [3.05, 3.63) is 57.6 Å². The van der Waals surface area contributed by atoms with Crippen molar-refractivity contribution >= 4 is 29.3 Å². The number of carbonyl (C=O) groups is 2.